The van der Waals surface area contributed by atoms with Gasteiger partial charge >= 0.3 is 0 Å². The number of aliphatic hydroxyl groups excluding tert-OH is 1. The highest BCUT2D eigenvalue weighted by molar-refractivity contribution is 6.33. The fourth-order valence-corrected chi connectivity index (χ4v) is 1.32. The molecule has 0 fully saturated rings. The van der Waals surface area contributed by atoms with E-state index in [1.165, 1.54) is 6.20 Å². The molecule has 0 saturated heterocycles. The van der Waals surface area contributed by atoms with Crippen LogP contribution in [0.25, 0.3) is 0 Å². The molecule has 0 amide bonds. The minimum Gasteiger partial charge on any atom is -0.393 e. The van der Waals surface area contributed by atoms with E-state index in [1.807, 2.05) is 6.92 Å². The van der Waals surface area contributed by atoms with Gasteiger partial charge in [-0.05, 0) is 24.4 Å². The highest BCUT2D eigenvalue weighted by Crippen LogP contribution is 2.19. The molecule has 1 atom stereocenters. The molecule has 1 unspecified atom stereocenters. The largest absolute Gasteiger partial charge is 0.393 e. The minimum absolute atomic E-state index is 0.151. The maximum atomic E-state index is 9.33. The normalized spacial score (nSPS) is 12.5. The molecule has 0 bridgehead atoms. The second-order valence-electron chi connectivity index (χ2n) is 3.11. The molecule has 0 aliphatic rings. The molecule has 0 aromatic carbocycles. The van der Waals surface area contributed by atoms with Gasteiger partial charge in [0.25, 0.3) is 0 Å². The number of aliphatic hydroxyl groups is 1. The summed E-state index contributed by atoms with van der Waals surface area (Å²) < 4.78 is 0. The summed E-state index contributed by atoms with van der Waals surface area (Å²) in [5, 5.41) is 12.9. The second kappa shape index (κ2) is 6.10. The Balaban J connectivity index is 2.46. The van der Waals surface area contributed by atoms with Crippen LogP contribution in [0.2, 0.25) is 10.3 Å². The van der Waals surface area contributed by atoms with E-state index in [1.54, 1.807) is 0 Å². The Kier molecular flexibility index (Phi) is 5.08. The zero-order valence-electron chi connectivity index (χ0n) is 8.37. The third-order valence-electron chi connectivity index (χ3n) is 1.96. The Labute approximate surface area is 98.6 Å². The lowest BCUT2D eigenvalue weighted by Gasteiger charge is -2.09. The van der Waals surface area contributed by atoms with Gasteiger partial charge in [-0.25, -0.2) is 4.98 Å². The highest BCUT2D eigenvalue weighted by atomic mass is 35.5. The third kappa shape index (κ3) is 4.20. The molecule has 1 rings (SSSR count). The molecule has 1 aromatic rings. The van der Waals surface area contributed by atoms with Crippen molar-refractivity contribution in [2.45, 2.75) is 25.9 Å². The van der Waals surface area contributed by atoms with Crippen molar-refractivity contribution < 1.29 is 5.11 Å². The molecule has 0 aliphatic heterocycles. The van der Waals surface area contributed by atoms with E-state index in [-0.39, 0.29) is 11.4 Å². The number of hydrogen-bond donors (Lipinski definition) is 2. The van der Waals surface area contributed by atoms with Crippen LogP contribution in [-0.4, -0.2) is 27.7 Å². The molecule has 2 N–H and O–H groups in total. The molecule has 15 heavy (non-hydrogen) atoms. The summed E-state index contributed by atoms with van der Waals surface area (Å²) >= 11 is 11.5. The van der Waals surface area contributed by atoms with Crippen molar-refractivity contribution in [1.29, 1.82) is 0 Å². The van der Waals surface area contributed by atoms with E-state index in [0.717, 1.165) is 6.42 Å². The molecule has 6 heteroatoms. The molecule has 0 saturated carbocycles. The summed E-state index contributed by atoms with van der Waals surface area (Å²) in [7, 11) is 0. The van der Waals surface area contributed by atoms with Gasteiger partial charge in [-0.15, -0.1) is 0 Å². The summed E-state index contributed by atoms with van der Waals surface area (Å²) in [6.07, 6.45) is 2.53. The summed E-state index contributed by atoms with van der Waals surface area (Å²) in [5.41, 5.74) is 0. The monoisotopic (exact) mass is 249 g/mol. The molecule has 4 nitrogen and oxygen atoms in total. The number of nitrogens with zero attached hydrogens (tertiary/aromatic N) is 2. The molecule has 1 heterocycles. The standard InChI is InChI=1S/C9H13Cl2N3O/c1-2-6(15)3-4-12-8-7(10)5-13-9(11)14-8/h5-6,15H,2-4H2,1H3,(H,12,13,14). The predicted octanol–water partition coefficient (Wildman–Crippen LogP) is 2.36. The van der Waals surface area contributed by atoms with Crippen molar-refractivity contribution in [1.82, 2.24) is 9.97 Å². The van der Waals surface area contributed by atoms with Crippen LogP contribution in [0.4, 0.5) is 5.82 Å². The van der Waals surface area contributed by atoms with Crippen molar-refractivity contribution in [3.63, 3.8) is 0 Å². The lowest BCUT2D eigenvalue weighted by Crippen LogP contribution is -2.13. The van der Waals surface area contributed by atoms with Crippen LogP contribution < -0.4 is 5.32 Å². The molecular weight excluding hydrogens is 237 g/mol. The molecule has 0 spiro atoms. The first-order chi connectivity index (χ1) is 7.13. The quantitative estimate of drug-likeness (QED) is 0.787. The van der Waals surface area contributed by atoms with Gasteiger partial charge in [0.1, 0.15) is 10.8 Å². The maximum absolute atomic E-state index is 9.33. The number of rotatable bonds is 5. The minimum atomic E-state index is -0.298. The van der Waals surface area contributed by atoms with E-state index in [9.17, 15) is 5.11 Å². The van der Waals surface area contributed by atoms with E-state index in [2.05, 4.69) is 15.3 Å². The first-order valence-electron chi connectivity index (χ1n) is 4.73. The van der Waals surface area contributed by atoms with Gasteiger partial charge in [-0.2, -0.15) is 4.98 Å². The van der Waals surface area contributed by atoms with Gasteiger partial charge in [0.15, 0.2) is 0 Å². The van der Waals surface area contributed by atoms with Gasteiger partial charge in [0, 0.05) is 6.54 Å². The average molecular weight is 250 g/mol. The van der Waals surface area contributed by atoms with Crippen LogP contribution in [0, 0.1) is 0 Å². The third-order valence-corrected chi connectivity index (χ3v) is 2.41. The van der Waals surface area contributed by atoms with E-state index in [0.29, 0.717) is 23.8 Å². The average Bonchev–Trinajstić information content (AvgIpc) is 2.23. The van der Waals surface area contributed by atoms with Gasteiger partial charge in [-0.3, -0.25) is 0 Å². The highest BCUT2D eigenvalue weighted by Gasteiger charge is 2.05. The van der Waals surface area contributed by atoms with Crippen molar-refractivity contribution in [3.8, 4) is 0 Å². The fraction of sp³-hybridized carbons (Fsp3) is 0.556. The number of nitrogens with one attached hydrogen (secondary N) is 1. The number of halogens is 2. The molecular formula is C9H13Cl2N3O. The summed E-state index contributed by atoms with van der Waals surface area (Å²) in [6.45, 7) is 2.53. The van der Waals surface area contributed by atoms with E-state index in [4.69, 9.17) is 23.2 Å². The first kappa shape index (κ1) is 12.5. The summed E-state index contributed by atoms with van der Waals surface area (Å²) in [4.78, 5) is 7.66. The van der Waals surface area contributed by atoms with Crippen molar-refractivity contribution in [2.75, 3.05) is 11.9 Å². The Morgan fingerprint density at radius 3 is 2.93 bits per heavy atom. The molecule has 0 radical (unpaired) electrons. The number of hydrogen-bond acceptors (Lipinski definition) is 4. The second-order valence-corrected chi connectivity index (χ2v) is 3.86. The SMILES string of the molecule is CCC(O)CCNc1nc(Cl)ncc1Cl. The molecule has 84 valence electrons. The van der Waals surface area contributed by atoms with E-state index < -0.39 is 0 Å². The van der Waals surface area contributed by atoms with Crippen LogP contribution in [-0.2, 0) is 0 Å². The number of aromatic nitrogens is 2. The Morgan fingerprint density at radius 1 is 1.53 bits per heavy atom. The van der Waals surface area contributed by atoms with Gasteiger partial charge in [0.2, 0.25) is 5.28 Å². The van der Waals surface area contributed by atoms with Crippen LogP contribution in [0.15, 0.2) is 6.20 Å². The Bertz CT molecular complexity index is 322. The Morgan fingerprint density at radius 2 is 2.27 bits per heavy atom. The van der Waals surface area contributed by atoms with Crippen LogP contribution in [0.5, 0.6) is 0 Å². The van der Waals surface area contributed by atoms with Crippen LogP contribution >= 0.6 is 23.2 Å². The lowest BCUT2D eigenvalue weighted by molar-refractivity contribution is 0.164. The summed E-state index contributed by atoms with van der Waals surface area (Å²) in [5.74, 6) is 0.500. The molecule has 1 aromatic heterocycles. The maximum Gasteiger partial charge on any atom is 0.224 e. The van der Waals surface area contributed by atoms with Crippen molar-refractivity contribution >= 4 is 29.0 Å². The number of anilines is 1. The lowest BCUT2D eigenvalue weighted by atomic mass is 10.2. The predicted molar refractivity (Wildman–Crippen MR) is 61.5 cm³/mol. The fourth-order valence-electron chi connectivity index (χ4n) is 1.03. The van der Waals surface area contributed by atoms with E-state index >= 15 is 0 Å². The smallest absolute Gasteiger partial charge is 0.224 e. The zero-order chi connectivity index (χ0) is 11.3. The first-order valence-corrected chi connectivity index (χ1v) is 5.49. The topological polar surface area (TPSA) is 58.0 Å². The zero-order valence-corrected chi connectivity index (χ0v) is 9.89. The summed E-state index contributed by atoms with van der Waals surface area (Å²) in [6, 6.07) is 0. The van der Waals surface area contributed by atoms with Crippen molar-refractivity contribution in [2.24, 2.45) is 0 Å². The van der Waals surface area contributed by atoms with Crippen LogP contribution in [0.3, 0.4) is 0 Å². The van der Waals surface area contributed by atoms with Gasteiger partial charge < -0.3 is 10.4 Å². The van der Waals surface area contributed by atoms with Gasteiger partial charge in [-0.1, -0.05) is 18.5 Å². The Hall–Kier alpha value is -0.580. The molecule has 0 aliphatic carbocycles. The van der Waals surface area contributed by atoms with Gasteiger partial charge in [0.05, 0.1) is 12.3 Å². The van der Waals surface area contributed by atoms with Crippen LogP contribution in [0.1, 0.15) is 19.8 Å². The van der Waals surface area contributed by atoms with Crippen molar-refractivity contribution in [3.05, 3.63) is 16.5 Å².